The topological polar surface area (TPSA) is 112 Å². The van der Waals surface area contributed by atoms with Crippen LogP contribution in [-0.4, -0.2) is 42.8 Å². The van der Waals surface area contributed by atoms with Gasteiger partial charge in [0.1, 0.15) is 31.8 Å². The molecule has 260 valence electrons. The van der Waals surface area contributed by atoms with E-state index in [0.717, 1.165) is 22.3 Å². The minimum Gasteiger partial charge on any atom is -0.489 e. The standard InChI is InChI=1S/C40H34Cl2N2O7/c41-32-15-9-16-33(42)31(32)24-48-29-20-18-26(19-21-29)22-35(40(47)49-23-27-10-3-1-4-11-27)44-39(46)37-36(50-25-51-37)38(45)43-34-17-8-7-14-30(34)28-12-5-2-6-13-28/h1-21,35-37H,22-25H2,(H,43,45)(H,44,46)/t35-,36+,37+/m0/s1. The van der Waals surface area contributed by atoms with Crippen molar-refractivity contribution in [3.8, 4) is 16.9 Å². The van der Waals surface area contributed by atoms with Gasteiger partial charge in [-0.05, 0) is 47.0 Å². The molecule has 0 aromatic heterocycles. The lowest BCUT2D eigenvalue weighted by molar-refractivity contribution is -0.150. The normalized spacial score (nSPS) is 15.8. The molecule has 0 aliphatic carbocycles. The van der Waals surface area contributed by atoms with Crippen LogP contribution >= 0.6 is 23.2 Å². The van der Waals surface area contributed by atoms with Gasteiger partial charge in [-0.25, -0.2) is 4.79 Å². The molecule has 0 unspecified atom stereocenters. The van der Waals surface area contributed by atoms with Gasteiger partial charge in [-0.15, -0.1) is 0 Å². The maximum absolute atomic E-state index is 13.7. The van der Waals surface area contributed by atoms with Gasteiger partial charge < -0.3 is 29.6 Å². The van der Waals surface area contributed by atoms with Crippen molar-refractivity contribution in [2.75, 3.05) is 12.1 Å². The molecule has 2 N–H and O–H groups in total. The van der Waals surface area contributed by atoms with E-state index < -0.39 is 36.0 Å². The van der Waals surface area contributed by atoms with E-state index in [4.69, 9.17) is 42.1 Å². The zero-order valence-electron chi connectivity index (χ0n) is 27.3. The van der Waals surface area contributed by atoms with Crippen molar-refractivity contribution in [1.29, 1.82) is 0 Å². The van der Waals surface area contributed by atoms with Crippen LogP contribution in [0.2, 0.25) is 10.0 Å². The lowest BCUT2D eigenvalue weighted by Gasteiger charge is -2.22. The molecule has 1 heterocycles. The Hall–Kier alpha value is -5.19. The molecule has 2 amide bonds. The van der Waals surface area contributed by atoms with E-state index in [0.29, 0.717) is 27.0 Å². The van der Waals surface area contributed by atoms with Crippen LogP contribution < -0.4 is 15.4 Å². The molecular formula is C40H34Cl2N2O7. The summed E-state index contributed by atoms with van der Waals surface area (Å²) >= 11 is 12.5. The van der Waals surface area contributed by atoms with Crippen LogP contribution in [0.5, 0.6) is 5.75 Å². The van der Waals surface area contributed by atoms with Crippen molar-refractivity contribution in [1.82, 2.24) is 5.32 Å². The number of esters is 1. The molecule has 5 aromatic carbocycles. The first kappa shape index (κ1) is 35.6. The summed E-state index contributed by atoms with van der Waals surface area (Å²) in [5, 5.41) is 6.62. The Balaban J connectivity index is 1.14. The number of anilines is 1. The first-order chi connectivity index (χ1) is 24.9. The third-order valence-electron chi connectivity index (χ3n) is 8.19. The number of carbonyl (C=O) groups excluding carboxylic acids is 3. The zero-order chi connectivity index (χ0) is 35.6. The second kappa shape index (κ2) is 17.2. The van der Waals surface area contributed by atoms with Gasteiger partial charge in [-0.3, -0.25) is 9.59 Å². The summed E-state index contributed by atoms with van der Waals surface area (Å²) in [6.07, 6.45) is -2.49. The smallest absolute Gasteiger partial charge is 0.329 e. The van der Waals surface area contributed by atoms with Crippen LogP contribution in [-0.2, 0) is 48.2 Å². The Morgan fingerprint density at radius 2 is 1.31 bits per heavy atom. The van der Waals surface area contributed by atoms with Crippen molar-refractivity contribution < 1.29 is 33.3 Å². The SMILES string of the molecule is O=C(OCc1ccccc1)[C@H](Cc1ccc(OCc2c(Cl)cccc2Cl)cc1)NC(=O)[C@@H]1OCO[C@H]1C(=O)Nc1ccccc1-c1ccccc1. The fourth-order valence-electron chi connectivity index (χ4n) is 5.51. The minimum absolute atomic E-state index is 0.0122. The summed E-state index contributed by atoms with van der Waals surface area (Å²) in [5.41, 5.74) is 4.43. The summed E-state index contributed by atoms with van der Waals surface area (Å²) in [6.45, 7) is -0.1000. The lowest BCUT2D eigenvalue weighted by atomic mass is 10.0. The predicted octanol–water partition coefficient (Wildman–Crippen LogP) is 7.39. The molecule has 1 aliphatic rings. The maximum atomic E-state index is 13.7. The van der Waals surface area contributed by atoms with Crippen LogP contribution in [0.4, 0.5) is 5.69 Å². The van der Waals surface area contributed by atoms with Crippen LogP contribution in [0.1, 0.15) is 16.7 Å². The molecule has 0 spiro atoms. The quantitative estimate of drug-likeness (QED) is 0.122. The van der Waals surface area contributed by atoms with E-state index in [1.807, 2.05) is 72.8 Å². The highest BCUT2D eigenvalue weighted by atomic mass is 35.5. The van der Waals surface area contributed by atoms with E-state index in [-0.39, 0.29) is 26.4 Å². The van der Waals surface area contributed by atoms with Crippen molar-refractivity contribution in [2.24, 2.45) is 0 Å². The maximum Gasteiger partial charge on any atom is 0.329 e. The number of rotatable bonds is 13. The van der Waals surface area contributed by atoms with E-state index in [1.54, 1.807) is 54.6 Å². The Morgan fingerprint density at radius 1 is 0.686 bits per heavy atom. The highest BCUT2D eigenvalue weighted by molar-refractivity contribution is 6.35. The highest BCUT2D eigenvalue weighted by Crippen LogP contribution is 2.29. The Bertz CT molecular complexity index is 1940. The molecule has 0 bridgehead atoms. The van der Waals surface area contributed by atoms with Crippen LogP contribution in [0.3, 0.4) is 0 Å². The lowest BCUT2D eigenvalue weighted by Crippen LogP contribution is -2.51. The zero-order valence-corrected chi connectivity index (χ0v) is 28.8. The molecule has 9 nitrogen and oxygen atoms in total. The number of para-hydroxylation sites is 1. The molecule has 51 heavy (non-hydrogen) atoms. The monoisotopic (exact) mass is 724 g/mol. The van der Waals surface area contributed by atoms with E-state index in [2.05, 4.69) is 10.6 Å². The molecule has 0 saturated carbocycles. The van der Waals surface area contributed by atoms with Gasteiger partial charge in [0.15, 0.2) is 12.2 Å². The van der Waals surface area contributed by atoms with Crippen LogP contribution in [0.25, 0.3) is 11.1 Å². The number of hydrogen-bond acceptors (Lipinski definition) is 7. The molecule has 0 radical (unpaired) electrons. The molecule has 5 aromatic rings. The van der Waals surface area contributed by atoms with Gasteiger partial charge in [0, 0.05) is 33.3 Å². The highest BCUT2D eigenvalue weighted by Gasteiger charge is 2.42. The second-order valence-electron chi connectivity index (χ2n) is 11.7. The molecule has 6 rings (SSSR count). The van der Waals surface area contributed by atoms with E-state index in [1.165, 1.54) is 0 Å². The summed E-state index contributed by atoms with van der Waals surface area (Å²) in [6, 6.07) is 37.3. The average Bonchev–Trinajstić information content (AvgIpc) is 3.66. The third kappa shape index (κ3) is 9.33. The Labute approximate surface area is 305 Å². The number of carbonyl (C=O) groups is 3. The third-order valence-corrected chi connectivity index (χ3v) is 8.90. The van der Waals surface area contributed by atoms with Gasteiger partial charge in [0.05, 0.1) is 0 Å². The first-order valence-corrected chi connectivity index (χ1v) is 17.0. The van der Waals surface area contributed by atoms with Crippen molar-refractivity contribution >= 4 is 46.7 Å². The fraction of sp³-hybridized carbons (Fsp3) is 0.175. The average molecular weight is 726 g/mol. The molecular weight excluding hydrogens is 691 g/mol. The van der Waals surface area contributed by atoms with E-state index >= 15 is 0 Å². The summed E-state index contributed by atoms with van der Waals surface area (Å²) in [4.78, 5) is 40.6. The number of nitrogens with one attached hydrogen (secondary N) is 2. The Kier molecular flexibility index (Phi) is 12.0. The first-order valence-electron chi connectivity index (χ1n) is 16.2. The van der Waals surface area contributed by atoms with Gasteiger partial charge in [-0.1, -0.05) is 120 Å². The summed E-state index contributed by atoms with van der Waals surface area (Å²) in [5.74, 6) is -1.35. The molecule has 1 saturated heterocycles. The van der Waals surface area contributed by atoms with Crippen molar-refractivity contribution in [3.63, 3.8) is 0 Å². The van der Waals surface area contributed by atoms with Crippen molar-refractivity contribution in [3.05, 3.63) is 154 Å². The van der Waals surface area contributed by atoms with Gasteiger partial charge >= 0.3 is 5.97 Å². The van der Waals surface area contributed by atoms with Crippen LogP contribution in [0, 0.1) is 0 Å². The number of hydrogen-bond donors (Lipinski definition) is 2. The van der Waals surface area contributed by atoms with Gasteiger partial charge in [-0.2, -0.15) is 0 Å². The number of benzene rings is 5. The van der Waals surface area contributed by atoms with Gasteiger partial charge in [0.25, 0.3) is 11.8 Å². The molecule has 1 aliphatic heterocycles. The number of ether oxygens (including phenoxy) is 4. The molecule has 1 fully saturated rings. The summed E-state index contributed by atoms with van der Waals surface area (Å²) < 4.78 is 22.7. The molecule has 11 heteroatoms. The second-order valence-corrected chi connectivity index (χ2v) is 12.5. The number of amides is 2. The largest absolute Gasteiger partial charge is 0.489 e. The summed E-state index contributed by atoms with van der Waals surface area (Å²) in [7, 11) is 0. The van der Waals surface area contributed by atoms with Gasteiger partial charge in [0.2, 0.25) is 0 Å². The fourth-order valence-corrected chi connectivity index (χ4v) is 6.02. The van der Waals surface area contributed by atoms with Crippen molar-refractivity contribution in [2.45, 2.75) is 37.9 Å². The molecule has 3 atom stereocenters. The predicted molar refractivity (Wildman–Crippen MR) is 194 cm³/mol. The van der Waals surface area contributed by atoms with E-state index in [9.17, 15) is 14.4 Å². The Morgan fingerprint density at radius 3 is 2.02 bits per heavy atom. The minimum atomic E-state index is -1.31. The van der Waals surface area contributed by atoms with Crippen LogP contribution in [0.15, 0.2) is 127 Å². The number of halogens is 2.